The summed E-state index contributed by atoms with van der Waals surface area (Å²) in [7, 11) is 0. The van der Waals surface area contributed by atoms with Crippen LogP contribution in [0.25, 0.3) is 0 Å². The molecule has 1 fully saturated rings. The normalized spacial score (nSPS) is 24.1. The van der Waals surface area contributed by atoms with Gasteiger partial charge in [0.1, 0.15) is 0 Å². The molecule has 0 aromatic heterocycles. The molecule has 96 valence electrons. The summed E-state index contributed by atoms with van der Waals surface area (Å²) in [5.74, 6) is 0. The zero-order valence-corrected chi connectivity index (χ0v) is 11.2. The first-order valence-corrected chi connectivity index (χ1v) is 6.72. The molecule has 1 aliphatic rings. The monoisotopic (exact) mass is 228 g/mol. The fraction of sp³-hybridized carbons (Fsp3) is 0.857. The van der Waals surface area contributed by atoms with Gasteiger partial charge in [0.2, 0.25) is 0 Å². The zero-order valence-electron chi connectivity index (χ0n) is 11.2. The van der Waals surface area contributed by atoms with Gasteiger partial charge in [-0.1, -0.05) is 40.2 Å². The maximum absolute atomic E-state index is 8.73. The summed E-state index contributed by atoms with van der Waals surface area (Å²) in [5.41, 5.74) is 1.22. The summed E-state index contributed by atoms with van der Waals surface area (Å²) in [6, 6.07) is 0. The molecule has 0 aromatic rings. The molecular weight excluding hydrogens is 200 g/mol. The molecule has 0 bridgehead atoms. The second-order valence-corrected chi connectivity index (χ2v) is 4.12. The van der Waals surface area contributed by atoms with Crippen LogP contribution in [0.15, 0.2) is 12.2 Å². The Bertz CT molecular complexity index is 178. The maximum atomic E-state index is 8.73. The minimum absolute atomic E-state index is 0.212. The van der Waals surface area contributed by atoms with E-state index in [-0.39, 0.29) is 12.7 Å². The second kappa shape index (κ2) is 9.86. The van der Waals surface area contributed by atoms with Crippen LogP contribution in [0.1, 0.15) is 59.3 Å². The average Bonchev–Trinajstić information content (AvgIpc) is 2.67. The lowest BCUT2D eigenvalue weighted by atomic mass is 10.0. The van der Waals surface area contributed by atoms with Crippen LogP contribution >= 0.6 is 0 Å². The van der Waals surface area contributed by atoms with Gasteiger partial charge in [-0.2, -0.15) is 0 Å². The van der Waals surface area contributed by atoms with Gasteiger partial charge in [-0.05, 0) is 31.3 Å². The van der Waals surface area contributed by atoms with Crippen molar-refractivity contribution < 1.29 is 9.84 Å². The third kappa shape index (κ3) is 5.66. The van der Waals surface area contributed by atoms with E-state index in [0.717, 1.165) is 25.7 Å². The molecule has 0 spiro atoms. The van der Waals surface area contributed by atoms with E-state index < -0.39 is 0 Å². The van der Waals surface area contributed by atoms with Crippen molar-refractivity contribution >= 4 is 0 Å². The highest BCUT2D eigenvalue weighted by Crippen LogP contribution is 2.29. The molecule has 1 rings (SSSR count). The smallest absolute Gasteiger partial charge is 0.0788 e. The fourth-order valence-electron chi connectivity index (χ4n) is 1.95. The van der Waals surface area contributed by atoms with Gasteiger partial charge >= 0.3 is 0 Å². The number of rotatable bonds is 6. The van der Waals surface area contributed by atoms with Gasteiger partial charge in [-0.25, -0.2) is 0 Å². The molecule has 2 nitrogen and oxygen atoms in total. The molecular formula is C14H28O2. The third-order valence-electron chi connectivity index (χ3n) is 2.81. The first kappa shape index (κ1) is 15.7. The van der Waals surface area contributed by atoms with Gasteiger partial charge in [-0.15, -0.1) is 0 Å². The fourth-order valence-corrected chi connectivity index (χ4v) is 1.95. The Kier molecular flexibility index (Phi) is 9.65. The Morgan fingerprint density at radius 2 is 2.00 bits per heavy atom. The van der Waals surface area contributed by atoms with E-state index >= 15 is 0 Å². The van der Waals surface area contributed by atoms with E-state index in [4.69, 9.17) is 9.84 Å². The van der Waals surface area contributed by atoms with E-state index in [0.29, 0.717) is 6.10 Å². The molecule has 1 aliphatic heterocycles. The van der Waals surface area contributed by atoms with Crippen LogP contribution in [-0.2, 0) is 4.74 Å². The van der Waals surface area contributed by atoms with Crippen molar-refractivity contribution in [2.24, 2.45) is 0 Å². The molecule has 16 heavy (non-hydrogen) atoms. The van der Waals surface area contributed by atoms with Crippen molar-refractivity contribution in [1.82, 2.24) is 0 Å². The molecule has 0 aliphatic carbocycles. The molecule has 0 amide bonds. The van der Waals surface area contributed by atoms with E-state index in [9.17, 15) is 0 Å². The molecule has 0 aromatic carbocycles. The molecule has 1 N–H and O–H groups in total. The predicted molar refractivity (Wildman–Crippen MR) is 69.6 cm³/mol. The Hall–Kier alpha value is -0.340. The minimum atomic E-state index is 0.212. The largest absolute Gasteiger partial charge is 0.396 e. The molecule has 2 atom stereocenters. The minimum Gasteiger partial charge on any atom is -0.396 e. The first-order valence-electron chi connectivity index (χ1n) is 6.72. The molecule has 1 heterocycles. The van der Waals surface area contributed by atoms with Crippen LogP contribution in [0.3, 0.4) is 0 Å². The third-order valence-corrected chi connectivity index (χ3v) is 2.81. The van der Waals surface area contributed by atoms with Gasteiger partial charge in [0.05, 0.1) is 12.2 Å². The van der Waals surface area contributed by atoms with Crippen molar-refractivity contribution in [2.45, 2.75) is 71.5 Å². The highest BCUT2D eigenvalue weighted by molar-refractivity contribution is 5.09. The number of hydrogen-bond acceptors (Lipinski definition) is 2. The van der Waals surface area contributed by atoms with Crippen molar-refractivity contribution in [3.05, 3.63) is 12.2 Å². The quantitative estimate of drug-likeness (QED) is 0.703. The van der Waals surface area contributed by atoms with E-state index in [2.05, 4.69) is 13.5 Å². The van der Waals surface area contributed by atoms with Crippen LogP contribution in [0.2, 0.25) is 0 Å². The maximum Gasteiger partial charge on any atom is 0.0788 e. The van der Waals surface area contributed by atoms with Gasteiger partial charge < -0.3 is 9.84 Å². The lowest BCUT2D eigenvalue weighted by molar-refractivity contribution is 0.0388. The van der Waals surface area contributed by atoms with Crippen LogP contribution in [0.4, 0.5) is 0 Å². The Balaban J connectivity index is 0.00000106. The molecule has 0 radical (unpaired) electrons. The molecule has 1 saturated heterocycles. The Morgan fingerprint density at radius 3 is 2.56 bits per heavy atom. The summed E-state index contributed by atoms with van der Waals surface area (Å²) in [4.78, 5) is 0. The standard InChI is InChI=1S/C12H22O2.C2H6/c1-3-4-6-11-9-10(2)12(14-11)7-5-8-13;1-2/h11-13H,2-9H2,1H3;1-2H3/t11-,12-;/m0./s1. The molecule has 2 heteroatoms. The Labute approximate surface area is 101 Å². The Morgan fingerprint density at radius 1 is 1.31 bits per heavy atom. The van der Waals surface area contributed by atoms with Crippen molar-refractivity contribution in [1.29, 1.82) is 0 Å². The highest BCUT2D eigenvalue weighted by atomic mass is 16.5. The van der Waals surface area contributed by atoms with Gasteiger partial charge in [-0.3, -0.25) is 0 Å². The van der Waals surface area contributed by atoms with Crippen molar-refractivity contribution in [3.63, 3.8) is 0 Å². The lowest BCUT2D eigenvalue weighted by Gasteiger charge is -2.12. The highest BCUT2D eigenvalue weighted by Gasteiger charge is 2.27. The molecule has 0 saturated carbocycles. The summed E-state index contributed by atoms with van der Waals surface area (Å²) in [6.07, 6.45) is 7.01. The zero-order chi connectivity index (χ0) is 12.4. The summed E-state index contributed by atoms with van der Waals surface area (Å²) < 4.78 is 5.87. The van der Waals surface area contributed by atoms with Crippen molar-refractivity contribution in [3.8, 4) is 0 Å². The van der Waals surface area contributed by atoms with E-state index in [1.807, 2.05) is 13.8 Å². The summed E-state index contributed by atoms with van der Waals surface area (Å²) >= 11 is 0. The summed E-state index contributed by atoms with van der Waals surface area (Å²) in [6.45, 7) is 10.5. The lowest BCUT2D eigenvalue weighted by Crippen LogP contribution is -2.11. The van der Waals surface area contributed by atoms with Gasteiger partial charge in [0.25, 0.3) is 0 Å². The summed E-state index contributed by atoms with van der Waals surface area (Å²) in [5, 5.41) is 8.73. The van der Waals surface area contributed by atoms with Crippen molar-refractivity contribution in [2.75, 3.05) is 6.61 Å². The number of hydrogen-bond donors (Lipinski definition) is 1. The van der Waals surface area contributed by atoms with Gasteiger partial charge in [0.15, 0.2) is 0 Å². The number of aliphatic hydroxyl groups excluding tert-OH is 1. The van der Waals surface area contributed by atoms with E-state index in [1.54, 1.807) is 0 Å². The van der Waals surface area contributed by atoms with Crippen LogP contribution in [-0.4, -0.2) is 23.9 Å². The average molecular weight is 228 g/mol. The van der Waals surface area contributed by atoms with Crippen LogP contribution in [0.5, 0.6) is 0 Å². The topological polar surface area (TPSA) is 29.5 Å². The number of ether oxygens (including phenoxy) is 1. The predicted octanol–water partition coefficient (Wildman–Crippen LogP) is 3.69. The first-order chi connectivity index (χ1) is 7.77. The SMILES string of the molecule is C=C1C[C@H](CCCC)O[C@H]1CCCO.CC. The van der Waals surface area contributed by atoms with Gasteiger partial charge in [0, 0.05) is 6.61 Å². The second-order valence-electron chi connectivity index (χ2n) is 4.12. The van der Waals surface area contributed by atoms with Crippen LogP contribution < -0.4 is 0 Å². The molecule has 0 unspecified atom stereocenters. The van der Waals surface area contributed by atoms with E-state index in [1.165, 1.54) is 18.4 Å². The number of aliphatic hydroxyl groups is 1. The number of unbranched alkanes of at least 4 members (excludes halogenated alkanes) is 1. The van der Waals surface area contributed by atoms with Crippen LogP contribution in [0, 0.1) is 0 Å².